The molecule has 0 bridgehead atoms. The average molecular weight is 208 g/mol. The molecule has 0 fully saturated rings. The fraction of sp³-hybridized carbons (Fsp3) is 0.364. The zero-order valence-electron chi connectivity index (χ0n) is 8.95. The van der Waals surface area contributed by atoms with E-state index in [9.17, 15) is 4.79 Å². The van der Waals surface area contributed by atoms with Crippen molar-refractivity contribution < 1.29 is 9.90 Å². The maximum atomic E-state index is 11.3. The summed E-state index contributed by atoms with van der Waals surface area (Å²) in [5.74, 6) is 0. The van der Waals surface area contributed by atoms with Crippen LogP contribution in [0.4, 0.5) is 10.5 Å². The summed E-state index contributed by atoms with van der Waals surface area (Å²) in [6.07, 6.45) is -0.534. The van der Waals surface area contributed by atoms with Gasteiger partial charge in [-0.25, -0.2) is 4.79 Å². The van der Waals surface area contributed by atoms with Gasteiger partial charge in [0.2, 0.25) is 0 Å². The fourth-order valence-electron chi connectivity index (χ4n) is 1.14. The molecule has 1 unspecified atom stereocenters. The number of urea groups is 1. The lowest BCUT2D eigenvalue weighted by Gasteiger charge is -2.09. The van der Waals surface area contributed by atoms with Crippen LogP contribution in [0.5, 0.6) is 0 Å². The number of anilines is 1. The molecule has 1 aromatic rings. The van der Waals surface area contributed by atoms with Crippen molar-refractivity contribution in [3.63, 3.8) is 0 Å². The highest BCUT2D eigenvalue weighted by atomic mass is 16.3. The number of rotatable bonds is 3. The quantitative estimate of drug-likeness (QED) is 0.705. The zero-order chi connectivity index (χ0) is 11.3. The van der Waals surface area contributed by atoms with Crippen molar-refractivity contribution in [3.8, 4) is 0 Å². The summed E-state index contributed by atoms with van der Waals surface area (Å²) in [5, 5.41) is 14.2. The van der Waals surface area contributed by atoms with E-state index in [1.54, 1.807) is 6.92 Å². The second kappa shape index (κ2) is 5.36. The first kappa shape index (κ1) is 11.5. The van der Waals surface area contributed by atoms with Crippen LogP contribution in [0.2, 0.25) is 0 Å². The van der Waals surface area contributed by atoms with Crippen molar-refractivity contribution in [1.82, 2.24) is 5.32 Å². The summed E-state index contributed by atoms with van der Waals surface area (Å²) < 4.78 is 0. The standard InChI is InChI=1S/C11H16N2O2/c1-8-4-3-5-10(6-8)13-11(15)12-7-9(2)14/h3-6,9,14H,7H2,1-2H3,(H2,12,13,15). The summed E-state index contributed by atoms with van der Waals surface area (Å²) in [7, 11) is 0. The average Bonchev–Trinajstić information content (AvgIpc) is 2.15. The predicted octanol–water partition coefficient (Wildman–Crippen LogP) is 1.50. The maximum Gasteiger partial charge on any atom is 0.319 e. The van der Waals surface area contributed by atoms with Crippen LogP contribution in [0.3, 0.4) is 0 Å². The number of aliphatic hydroxyl groups excluding tert-OH is 1. The minimum absolute atomic E-state index is 0.248. The van der Waals surface area contributed by atoms with Crippen LogP contribution < -0.4 is 10.6 Å². The highest BCUT2D eigenvalue weighted by molar-refractivity contribution is 5.89. The van der Waals surface area contributed by atoms with Crippen LogP contribution in [-0.2, 0) is 0 Å². The number of aliphatic hydroxyl groups is 1. The van der Waals surface area contributed by atoms with Crippen molar-refractivity contribution in [2.24, 2.45) is 0 Å². The topological polar surface area (TPSA) is 61.4 Å². The number of amides is 2. The molecule has 3 N–H and O–H groups in total. The van der Waals surface area contributed by atoms with E-state index in [0.717, 1.165) is 11.3 Å². The lowest BCUT2D eigenvalue weighted by atomic mass is 10.2. The molecule has 0 radical (unpaired) electrons. The number of benzene rings is 1. The molecule has 15 heavy (non-hydrogen) atoms. The van der Waals surface area contributed by atoms with Gasteiger partial charge in [0.15, 0.2) is 0 Å². The largest absolute Gasteiger partial charge is 0.392 e. The number of carbonyl (C=O) groups is 1. The molecular formula is C11H16N2O2. The molecule has 0 aliphatic rings. The van der Waals surface area contributed by atoms with E-state index in [2.05, 4.69) is 10.6 Å². The molecule has 0 spiro atoms. The summed E-state index contributed by atoms with van der Waals surface area (Å²) >= 11 is 0. The van der Waals surface area contributed by atoms with Gasteiger partial charge in [0.1, 0.15) is 0 Å². The second-order valence-corrected chi connectivity index (χ2v) is 3.55. The molecule has 1 rings (SSSR count). The Kier molecular flexibility index (Phi) is 4.12. The SMILES string of the molecule is Cc1cccc(NC(=O)NCC(C)O)c1. The summed E-state index contributed by atoms with van der Waals surface area (Å²) in [6, 6.07) is 7.22. The van der Waals surface area contributed by atoms with Gasteiger partial charge in [-0.2, -0.15) is 0 Å². The first-order chi connectivity index (χ1) is 7.08. The Bertz CT molecular complexity index is 337. The molecule has 0 saturated carbocycles. The van der Waals surface area contributed by atoms with Gasteiger partial charge in [0.05, 0.1) is 6.10 Å². The normalized spacial score (nSPS) is 11.9. The molecule has 4 nitrogen and oxygen atoms in total. The number of hydrogen-bond donors (Lipinski definition) is 3. The smallest absolute Gasteiger partial charge is 0.319 e. The van der Waals surface area contributed by atoms with E-state index < -0.39 is 6.10 Å². The van der Waals surface area contributed by atoms with Crippen molar-refractivity contribution in [1.29, 1.82) is 0 Å². The van der Waals surface area contributed by atoms with Gasteiger partial charge in [-0.05, 0) is 31.5 Å². The molecule has 0 heterocycles. The number of nitrogens with one attached hydrogen (secondary N) is 2. The molecule has 1 aromatic carbocycles. The summed E-state index contributed by atoms with van der Waals surface area (Å²) in [6.45, 7) is 3.82. The minimum Gasteiger partial charge on any atom is -0.392 e. The zero-order valence-corrected chi connectivity index (χ0v) is 8.95. The molecular weight excluding hydrogens is 192 g/mol. The van der Waals surface area contributed by atoms with Gasteiger partial charge < -0.3 is 15.7 Å². The lowest BCUT2D eigenvalue weighted by Crippen LogP contribution is -2.34. The van der Waals surface area contributed by atoms with Crippen LogP contribution >= 0.6 is 0 Å². The summed E-state index contributed by atoms with van der Waals surface area (Å²) in [4.78, 5) is 11.3. The van der Waals surface area contributed by atoms with Gasteiger partial charge in [0.25, 0.3) is 0 Å². The first-order valence-corrected chi connectivity index (χ1v) is 4.87. The Morgan fingerprint density at radius 3 is 2.87 bits per heavy atom. The van der Waals surface area contributed by atoms with Crippen LogP contribution in [0, 0.1) is 6.92 Å². The third-order valence-corrected chi connectivity index (χ3v) is 1.83. The van der Waals surface area contributed by atoms with E-state index in [4.69, 9.17) is 5.11 Å². The van der Waals surface area contributed by atoms with E-state index in [1.807, 2.05) is 31.2 Å². The van der Waals surface area contributed by atoms with E-state index in [-0.39, 0.29) is 12.6 Å². The van der Waals surface area contributed by atoms with Crippen molar-refractivity contribution in [2.75, 3.05) is 11.9 Å². The molecule has 1 atom stereocenters. The molecule has 0 aliphatic carbocycles. The first-order valence-electron chi connectivity index (χ1n) is 4.87. The van der Waals surface area contributed by atoms with Crippen molar-refractivity contribution >= 4 is 11.7 Å². The molecule has 2 amide bonds. The Hall–Kier alpha value is -1.55. The molecule has 0 aliphatic heterocycles. The van der Waals surface area contributed by atoms with Gasteiger partial charge >= 0.3 is 6.03 Å². The van der Waals surface area contributed by atoms with Crippen LogP contribution in [-0.4, -0.2) is 23.8 Å². The Balaban J connectivity index is 2.44. The number of hydrogen-bond acceptors (Lipinski definition) is 2. The Morgan fingerprint density at radius 1 is 1.53 bits per heavy atom. The Labute approximate surface area is 89.3 Å². The van der Waals surface area contributed by atoms with Crippen LogP contribution in [0.25, 0.3) is 0 Å². The monoisotopic (exact) mass is 208 g/mol. The Morgan fingerprint density at radius 2 is 2.27 bits per heavy atom. The third kappa shape index (κ3) is 4.46. The van der Waals surface area contributed by atoms with Crippen molar-refractivity contribution in [2.45, 2.75) is 20.0 Å². The molecule has 0 aromatic heterocycles. The molecule has 0 saturated heterocycles. The lowest BCUT2D eigenvalue weighted by molar-refractivity contribution is 0.190. The van der Waals surface area contributed by atoms with E-state index >= 15 is 0 Å². The number of carbonyl (C=O) groups excluding carboxylic acids is 1. The highest BCUT2D eigenvalue weighted by Crippen LogP contribution is 2.08. The van der Waals surface area contributed by atoms with E-state index in [0.29, 0.717) is 0 Å². The fourth-order valence-corrected chi connectivity index (χ4v) is 1.14. The number of aryl methyl sites for hydroxylation is 1. The second-order valence-electron chi connectivity index (χ2n) is 3.55. The van der Waals surface area contributed by atoms with Gasteiger partial charge in [-0.15, -0.1) is 0 Å². The van der Waals surface area contributed by atoms with Crippen LogP contribution in [0.15, 0.2) is 24.3 Å². The predicted molar refractivity (Wildman–Crippen MR) is 59.9 cm³/mol. The summed E-state index contributed by atoms with van der Waals surface area (Å²) in [5.41, 5.74) is 1.83. The maximum absolute atomic E-state index is 11.3. The van der Waals surface area contributed by atoms with Crippen molar-refractivity contribution in [3.05, 3.63) is 29.8 Å². The van der Waals surface area contributed by atoms with Crippen LogP contribution in [0.1, 0.15) is 12.5 Å². The van der Waals surface area contributed by atoms with Gasteiger partial charge in [-0.1, -0.05) is 12.1 Å². The minimum atomic E-state index is -0.534. The third-order valence-electron chi connectivity index (χ3n) is 1.83. The van der Waals surface area contributed by atoms with Gasteiger partial charge in [-0.3, -0.25) is 0 Å². The highest BCUT2D eigenvalue weighted by Gasteiger charge is 2.02. The molecule has 82 valence electrons. The van der Waals surface area contributed by atoms with Gasteiger partial charge in [0, 0.05) is 12.2 Å². The molecule has 4 heteroatoms. The van der Waals surface area contributed by atoms with E-state index in [1.165, 1.54) is 0 Å².